The van der Waals surface area contributed by atoms with Gasteiger partial charge in [0, 0.05) is 6.07 Å². The molecule has 8 heteroatoms. The van der Waals surface area contributed by atoms with E-state index < -0.39 is 11.6 Å². The highest BCUT2D eigenvalue weighted by atomic mass is 19.1. The Morgan fingerprint density at radius 1 is 1.09 bits per heavy atom. The predicted octanol–water partition coefficient (Wildman–Crippen LogP) is 2.50. The van der Waals surface area contributed by atoms with Crippen molar-refractivity contribution in [1.29, 1.82) is 0 Å². The summed E-state index contributed by atoms with van der Waals surface area (Å²) in [5, 5.41) is 7.01. The van der Waals surface area contributed by atoms with Crippen molar-refractivity contribution in [2.45, 2.75) is 0 Å². The minimum Gasteiger partial charge on any atom is -0.494 e. The fourth-order valence-electron chi connectivity index (χ4n) is 2.17. The lowest BCUT2D eigenvalue weighted by Gasteiger charge is -2.12. The Hall–Kier alpha value is -2.90. The number of pyridine rings is 1. The third-order valence-electron chi connectivity index (χ3n) is 3.28. The first kappa shape index (κ1) is 14.1. The molecule has 0 aliphatic heterocycles. The van der Waals surface area contributed by atoms with Gasteiger partial charge in [0.1, 0.15) is 5.82 Å². The number of nitrogens with one attached hydrogen (secondary N) is 1. The first-order chi connectivity index (χ1) is 10.6. The van der Waals surface area contributed by atoms with Crippen LogP contribution in [0.1, 0.15) is 0 Å². The van der Waals surface area contributed by atoms with Crippen LogP contribution in [0, 0.1) is 11.6 Å². The molecule has 3 rings (SSSR count). The van der Waals surface area contributed by atoms with Crippen LogP contribution in [0.25, 0.3) is 22.3 Å². The van der Waals surface area contributed by atoms with Crippen molar-refractivity contribution < 1.29 is 18.3 Å². The third kappa shape index (κ3) is 2.00. The van der Waals surface area contributed by atoms with Gasteiger partial charge in [0.2, 0.25) is 0 Å². The van der Waals surface area contributed by atoms with Gasteiger partial charge in [-0.15, -0.1) is 0 Å². The van der Waals surface area contributed by atoms with Gasteiger partial charge in [-0.25, -0.2) is 13.8 Å². The summed E-state index contributed by atoms with van der Waals surface area (Å²) in [5.74, 6) is -1.68. The van der Waals surface area contributed by atoms with Gasteiger partial charge in [-0.2, -0.15) is 5.10 Å². The Balaban J connectivity index is 2.28. The molecule has 0 radical (unpaired) electrons. The van der Waals surface area contributed by atoms with Crippen molar-refractivity contribution in [2.24, 2.45) is 0 Å². The van der Waals surface area contributed by atoms with Gasteiger partial charge in [0.05, 0.1) is 30.9 Å². The first-order valence-electron chi connectivity index (χ1n) is 6.27. The van der Waals surface area contributed by atoms with Gasteiger partial charge in [-0.05, 0) is 12.1 Å². The fraction of sp³-hybridized carbons (Fsp3) is 0.143. The largest absolute Gasteiger partial charge is 0.494 e. The summed E-state index contributed by atoms with van der Waals surface area (Å²) in [7, 11) is 2.56. The number of fused-ring (bicyclic) bond motifs is 1. The first-order valence-corrected chi connectivity index (χ1v) is 6.27. The molecule has 2 heterocycles. The lowest BCUT2D eigenvalue weighted by atomic mass is 10.1. The minimum absolute atomic E-state index is 0.0613. The van der Waals surface area contributed by atoms with Crippen LogP contribution in [-0.4, -0.2) is 29.4 Å². The molecule has 3 aromatic rings. The second-order valence-electron chi connectivity index (χ2n) is 4.49. The highest BCUT2D eigenvalue weighted by Crippen LogP contribution is 2.37. The van der Waals surface area contributed by atoms with Crippen molar-refractivity contribution >= 4 is 16.9 Å². The van der Waals surface area contributed by atoms with Crippen molar-refractivity contribution in [3.8, 4) is 22.8 Å². The molecule has 2 aromatic heterocycles. The maximum Gasteiger partial charge on any atom is 0.183 e. The number of benzene rings is 1. The number of halogens is 2. The number of H-pyrrole nitrogens is 1. The molecule has 0 bridgehead atoms. The lowest BCUT2D eigenvalue weighted by Crippen LogP contribution is -2.00. The Bertz CT molecular complexity index is 835. The number of anilines is 1. The van der Waals surface area contributed by atoms with Gasteiger partial charge < -0.3 is 15.2 Å². The van der Waals surface area contributed by atoms with E-state index in [1.165, 1.54) is 20.3 Å². The number of ether oxygens (including phenoxy) is 2. The molecule has 0 saturated heterocycles. The molecular weight excluding hydrogens is 294 g/mol. The van der Waals surface area contributed by atoms with Crippen LogP contribution in [0.3, 0.4) is 0 Å². The van der Waals surface area contributed by atoms with Crippen LogP contribution < -0.4 is 15.2 Å². The molecule has 0 aliphatic carbocycles. The van der Waals surface area contributed by atoms with Gasteiger partial charge in [0.15, 0.2) is 28.8 Å². The van der Waals surface area contributed by atoms with Gasteiger partial charge in [-0.1, -0.05) is 0 Å². The zero-order valence-electron chi connectivity index (χ0n) is 11.8. The van der Waals surface area contributed by atoms with E-state index in [9.17, 15) is 8.78 Å². The summed E-state index contributed by atoms with van der Waals surface area (Å²) >= 11 is 0. The quantitative estimate of drug-likeness (QED) is 0.776. The third-order valence-corrected chi connectivity index (χ3v) is 3.28. The van der Waals surface area contributed by atoms with E-state index in [0.717, 1.165) is 6.07 Å². The average molecular weight is 306 g/mol. The molecule has 6 nitrogen and oxygen atoms in total. The van der Waals surface area contributed by atoms with Crippen LogP contribution in [0.4, 0.5) is 14.6 Å². The second-order valence-corrected chi connectivity index (χ2v) is 4.49. The monoisotopic (exact) mass is 306 g/mol. The molecule has 0 spiro atoms. The normalized spacial score (nSPS) is 10.9. The molecule has 0 saturated carbocycles. The predicted molar refractivity (Wildman–Crippen MR) is 76.8 cm³/mol. The number of aromatic amines is 1. The number of methoxy groups -OCH3 is 2. The lowest BCUT2D eigenvalue weighted by molar-refractivity contribution is 0.359. The molecule has 0 unspecified atom stereocenters. The summed E-state index contributed by atoms with van der Waals surface area (Å²) in [5.41, 5.74) is 5.64. The van der Waals surface area contributed by atoms with Crippen molar-refractivity contribution in [3.63, 3.8) is 0 Å². The van der Waals surface area contributed by atoms with Crippen LogP contribution >= 0.6 is 0 Å². The molecule has 3 N–H and O–H groups in total. The molecule has 1 aromatic carbocycles. The van der Waals surface area contributed by atoms with Crippen LogP contribution in [0.5, 0.6) is 11.5 Å². The highest BCUT2D eigenvalue weighted by molar-refractivity contribution is 5.87. The number of hydrogen-bond donors (Lipinski definition) is 2. The maximum absolute atomic E-state index is 14.4. The number of nitrogens with two attached hydrogens (primary N) is 1. The zero-order valence-corrected chi connectivity index (χ0v) is 11.8. The zero-order chi connectivity index (χ0) is 15.9. The van der Waals surface area contributed by atoms with E-state index >= 15 is 0 Å². The van der Waals surface area contributed by atoms with E-state index in [1.54, 1.807) is 6.07 Å². The Morgan fingerprint density at radius 2 is 1.73 bits per heavy atom. The second kappa shape index (κ2) is 5.14. The molecule has 114 valence electrons. The number of aromatic nitrogens is 3. The van der Waals surface area contributed by atoms with Crippen LogP contribution in [0.2, 0.25) is 0 Å². The highest BCUT2D eigenvalue weighted by Gasteiger charge is 2.23. The number of nitrogens with zero attached hydrogens (tertiary/aromatic N) is 2. The van der Waals surface area contributed by atoms with Crippen molar-refractivity contribution in [2.75, 3.05) is 20.0 Å². The van der Waals surface area contributed by atoms with Gasteiger partial charge in [-0.3, -0.25) is 5.10 Å². The van der Waals surface area contributed by atoms with Crippen molar-refractivity contribution in [1.82, 2.24) is 15.2 Å². The number of nitrogen functional groups attached to an aromatic ring is 1. The minimum atomic E-state index is -0.865. The van der Waals surface area contributed by atoms with Crippen LogP contribution in [-0.2, 0) is 0 Å². The molecule has 0 atom stereocenters. The van der Waals surface area contributed by atoms with Gasteiger partial charge in [0.25, 0.3) is 0 Å². The maximum atomic E-state index is 14.4. The standard InChI is InChI=1S/C14H12F2N4O2/c1-21-8-5-9(22-2)12(16)10(11(8)15)7-4-3-6-13(17)19-20-14(6)18-7/h3-5H,1-2H3,(H3,17,18,19,20). The SMILES string of the molecule is COc1cc(OC)c(F)c(-c2ccc3c(N)[nH]nc3n2)c1F. The van der Waals surface area contributed by atoms with Crippen LogP contribution in [0.15, 0.2) is 18.2 Å². The summed E-state index contributed by atoms with van der Waals surface area (Å²) in [4.78, 5) is 4.13. The molecule has 0 amide bonds. The molecular formula is C14H12F2N4O2. The average Bonchev–Trinajstić information content (AvgIpc) is 2.89. The van der Waals surface area contributed by atoms with Gasteiger partial charge >= 0.3 is 0 Å². The summed E-state index contributed by atoms with van der Waals surface area (Å²) in [6, 6.07) is 4.18. The van der Waals surface area contributed by atoms with E-state index in [4.69, 9.17) is 15.2 Å². The van der Waals surface area contributed by atoms with Crippen molar-refractivity contribution in [3.05, 3.63) is 29.8 Å². The summed E-state index contributed by atoms with van der Waals surface area (Å²) in [6.45, 7) is 0. The number of hydrogen-bond acceptors (Lipinski definition) is 5. The Labute approximate surface area is 123 Å². The summed E-state index contributed by atoms with van der Waals surface area (Å²) < 4.78 is 38.7. The fourth-order valence-corrected chi connectivity index (χ4v) is 2.17. The smallest absolute Gasteiger partial charge is 0.183 e. The molecule has 0 fully saturated rings. The topological polar surface area (TPSA) is 86.0 Å². The van der Waals surface area contributed by atoms with E-state index in [-0.39, 0.29) is 28.4 Å². The van der Waals surface area contributed by atoms with E-state index in [0.29, 0.717) is 11.2 Å². The van der Waals surface area contributed by atoms with E-state index in [2.05, 4.69) is 15.2 Å². The van der Waals surface area contributed by atoms with E-state index in [1.807, 2.05) is 0 Å². The molecule has 0 aliphatic rings. The molecule has 22 heavy (non-hydrogen) atoms. The Morgan fingerprint density at radius 3 is 2.32 bits per heavy atom. The number of rotatable bonds is 3. The Kier molecular flexibility index (Phi) is 3.28. The summed E-state index contributed by atoms with van der Waals surface area (Å²) in [6.07, 6.45) is 0.